The minimum atomic E-state index is -4.89. The van der Waals surface area contributed by atoms with E-state index in [-0.39, 0.29) is 28.2 Å². The Morgan fingerprint density at radius 2 is 1.35 bits per heavy atom. The fourth-order valence-electron chi connectivity index (χ4n) is 2.33. The molecule has 0 bridgehead atoms. The summed E-state index contributed by atoms with van der Waals surface area (Å²) >= 11 is 0. The molecule has 0 fully saturated rings. The van der Waals surface area contributed by atoms with Gasteiger partial charge in [-0.1, -0.05) is 13.8 Å². The maximum absolute atomic E-state index is 13.8. The topological polar surface area (TPSA) is 0 Å². The van der Waals surface area contributed by atoms with Gasteiger partial charge in [0.2, 0.25) is 0 Å². The molecule has 0 radical (unpaired) electrons. The second-order valence-corrected chi connectivity index (χ2v) is 5.64. The van der Waals surface area contributed by atoms with Gasteiger partial charge in [-0.15, -0.1) is 0 Å². The predicted molar refractivity (Wildman–Crippen MR) is 75.6 cm³/mol. The largest absolute Gasteiger partial charge is 0.419 e. The minimum absolute atomic E-state index is 0.0356. The summed E-state index contributed by atoms with van der Waals surface area (Å²) in [6.45, 7) is 4.54. The van der Waals surface area contributed by atoms with E-state index in [4.69, 9.17) is 0 Å². The second-order valence-electron chi connectivity index (χ2n) is 5.64. The van der Waals surface area contributed by atoms with Crippen molar-refractivity contribution in [2.24, 2.45) is 0 Å². The zero-order valence-corrected chi connectivity index (χ0v) is 12.7. The molecule has 6 heteroatoms. The van der Waals surface area contributed by atoms with Gasteiger partial charge < -0.3 is 0 Å². The van der Waals surface area contributed by atoms with Gasteiger partial charge >= 0.3 is 6.18 Å². The van der Waals surface area contributed by atoms with Gasteiger partial charge in [0.15, 0.2) is 0 Å². The number of benzene rings is 2. The first-order chi connectivity index (χ1) is 10.5. The van der Waals surface area contributed by atoms with Gasteiger partial charge in [0.25, 0.3) is 0 Å². The molecule has 0 saturated heterocycles. The van der Waals surface area contributed by atoms with Crippen LogP contribution in [0.3, 0.4) is 0 Å². The van der Waals surface area contributed by atoms with Crippen molar-refractivity contribution in [2.45, 2.75) is 32.9 Å². The second kappa shape index (κ2) is 5.91. The van der Waals surface area contributed by atoms with Crippen LogP contribution >= 0.6 is 0 Å². The standard InChI is InChI=1S/C17H14F6/c1-8(2)11-7-16(20)13(17(21,22)23)6-12(11)10-4-14(18)9(3)15(19)5-10/h4-8H,1-3H3. The lowest BCUT2D eigenvalue weighted by molar-refractivity contribution is -0.139. The Kier molecular flexibility index (Phi) is 4.46. The van der Waals surface area contributed by atoms with Crippen molar-refractivity contribution in [1.29, 1.82) is 0 Å². The first-order valence-corrected chi connectivity index (χ1v) is 6.89. The smallest absolute Gasteiger partial charge is 0.207 e. The van der Waals surface area contributed by atoms with Gasteiger partial charge in [-0.05, 0) is 53.8 Å². The van der Waals surface area contributed by atoms with E-state index in [2.05, 4.69) is 0 Å². The Morgan fingerprint density at radius 3 is 1.78 bits per heavy atom. The van der Waals surface area contributed by atoms with E-state index in [1.165, 1.54) is 6.92 Å². The van der Waals surface area contributed by atoms with E-state index in [1.807, 2.05) is 0 Å². The lowest BCUT2D eigenvalue weighted by atomic mass is 9.90. The van der Waals surface area contributed by atoms with E-state index < -0.39 is 29.2 Å². The van der Waals surface area contributed by atoms with Crippen LogP contribution in [0.1, 0.15) is 36.5 Å². The molecule has 0 aromatic heterocycles. The SMILES string of the molecule is Cc1c(F)cc(-c2cc(C(F)(F)F)c(F)cc2C(C)C)cc1F. The molecule has 0 unspecified atom stereocenters. The highest BCUT2D eigenvalue weighted by molar-refractivity contribution is 5.70. The van der Waals surface area contributed by atoms with Crippen molar-refractivity contribution in [3.8, 4) is 11.1 Å². The molecule has 124 valence electrons. The van der Waals surface area contributed by atoms with Crippen LogP contribution in [-0.4, -0.2) is 0 Å². The summed E-state index contributed by atoms with van der Waals surface area (Å²) in [6, 6.07) is 3.29. The summed E-state index contributed by atoms with van der Waals surface area (Å²) in [4.78, 5) is 0. The molecular formula is C17H14F6. The minimum Gasteiger partial charge on any atom is -0.207 e. The molecule has 0 saturated carbocycles. The summed E-state index contributed by atoms with van der Waals surface area (Å²) in [5.41, 5.74) is -1.53. The van der Waals surface area contributed by atoms with E-state index in [0.717, 1.165) is 18.2 Å². The fraction of sp³-hybridized carbons (Fsp3) is 0.294. The average Bonchev–Trinajstić information content (AvgIpc) is 2.42. The molecule has 0 aliphatic heterocycles. The van der Waals surface area contributed by atoms with Crippen LogP contribution in [0, 0.1) is 24.4 Å². The highest BCUT2D eigenvalue weighted by atomic mass is 19.4. The number of alkyl halides is 3. The van der Waals surface area contributed by atoms with Crippen LogP contribution in [0.2, 0.25) is 0 Å². The molecule has 0 aliphatic rings. The van der Waals surface area contributed by atoms with Gasteiger partial charge in [0, 0.05) is 5.56 Å². The highest BCUT2D eigenvalue weighted by Gasteiger charge is 2.35. The molecule has 0 nitrogen and oxygen atoms in total. The van der Waals surface area contributed by atoms with Gasteiger partial charge in [-0.2, -0.15) is 13.2 Å². The van der Waals surface area contributed by atoms with Crippen LogP contribution in [0.15, 0.2) is 24.3 Å². The Labute approximate surface area is 129 Å². The number of hydrogen-bond acceptors (Lipinski definition) is 0. The zero-order valence-electron chi connectivity index (χ0n) is 12.7. The molecule has 0 atom stereocenters. The summed E-state index contributed by atoms with van der Waals surface area (Å²) in [7, 11) is 0. The van der Waals surface area contributed by atoms with Crippen molar-refractivity contribution in [3.63, 3.8) is 0 Å². The predicted octanol–water partition coefficient (Wildman–Crippen LogP) is 6.22. The van der Waals surface area contributed by atoms with E-state index in [1.54, 1.807) is 13.8 Å². The van der Waals surface area contributed by atoms with E-state index >= 15 is 0 Å². The average molecular weight is 332 g/mol. The quantitative estimate of drug-likeness (QED) is 0.573. The lowest BCUT2D eigenvalue weighted by Crippen LogP contribution is -2.10. The van der Waals surface area contributed by atoms with E-state index in [0.29, 0.717) is 6.07 Å². The van der Waals surface area contributed by atoms with Crippen molar-refractivity contribution in [3.05, 3.63) is 58.4 Å². The zero-order chi connectivity index (χ0) is 17.5. The number of hydrogen-bond donors (Lipinski definition) is 0. The van der Waals surface area contributed by atoms with Crippen LogP contribution in [0.4, 0.5) is 26.3 Å². The Hall–Kier alpha value is -1.98. The summed E-state index contributed by atoms with van der Waals surface area (Å²) in [5, 5.41) is 0. The highest BCUT2D eigenvalue weighted by Crippen LogP contribution is 2.38. The van der Waals surface area contributed by atoms with Crippen LogP contribution in [0.25, 0.3) is 11.1 Å². The lowest BCUT2D eigenvalue weighted by Gasteiger charge is -2.18. The Bertz CT molecular complexity index is 720. The summed E-state index contributed by atoms with van der Waals surface area (Å²) in [5.74, 6) is -3.47. The van der Waals surface area contributed by atoms with Gasteiger partial charge in [-0.25, -0.2) is 13.2 Å². The molecule has 2 rings (SSSR count). The number of rotatable bonds is 2. The van der Waals surface area contributed by atoms with Crippen LogP contribution in [0.5, 0.6) is 0 Å². The molecule has 2 aromatic carbocycles. The fourth-order valence-corrected chi connectivity index (χ4v) is 2.33. The van der Waals surface area contributed by atoms with Crippen molar-refractivity contribution in [2.75, 3.05) is 0 Å². The molecule has 0 heterocycles. The maximum atomic E-state index is 13.8. The van der Waals surface area contributed by atoms with Crippen LogP contribution in [-0.2, 0) is 6.18 Å². The van der Waals surface area contributed by atoms with Crippen LogP contribution < -0.4 is 0 Å². The first-order valence-electron chi connectivity index (χ1n) is 6.89. The maximum Gasteiger partial charge on any atom is 0.419 e. The Morgan fingerprint density at radius 1 is 0.826 bits per heavy atom. The van der Waals surface area contributed by atoms with Gasteiger partial charge in [0.05, 0.1) is 5.56 Å². The van der Waals surface area contributed by atoms with Crippen molar-refractivity contribution < 1.29 is 26.3 Å². The normalized spacial score (nSPS) is 12.1. The molecule has 0 aliphatic carbocycles. The molecule has 2 aromatic rings. The molecule has 0 spiro atoms. The molecule has 23 heavy (non-hydrogen) atoms. The first kappa shape index (κ1) is 17.4. The molecule has 0 amide bonds. The van der Waals surface area contributed by atoms with Gasteiger partial charge in [0.1, 0.15) is 17.5 Å². The molecule has 0 N–H and O–H groups in total. The summed E-state index contributed by atoms with van der Waals surface area (Å²) < 4.78 is 80.0. The summed E-state index contributed by atoms with van der Waals surface area (Å²) in [6.07, 6.45) is -4.89. The Balaban J connectivity index is 2.79. The molecular weight excluding hydrogens is 318 g/mol. The van der Waals surface area contributed by atoms with E-state index in [9.17, 15) is 26.3 Å². The third kappa shape index (κ3) is 3.35. The van der Waals surface area contributed by atoms with Crippen molar-refractivity contribution >= 4 is 0 Å². The van der Waals surface area contributed by atoms with Gasteiger partial charge in [-0.3, -0.25) is 0 Å². The third-order valence-corrected chi connectivity index (χ3v) is 3.66. The number of halogens is 6. The third-order valence-electron chi connectivity index (χ3n) is 3.66. The van der Waals surface area contributed by atoms with Crippen molar-refractivity contribution in [1.82, 2.24) is 0 Å². The monoisotopic (exact) mass is 332 g/mol.